The van der Waals surface area contributed by atoms with Gasteiger partial charge in [0.2, 0.25) is 0 Å². The lowest BCUT2D eigenvalue weighted by Crippen LogP contribution is -2.46. The number of ether oxygens (including phenoxy) is 1. The number of benzene rings is 1. The molecule has 0 amide bonds. The van der Waals surface area contributed by atoms with Crippen molar-refractivity contribution < 1.29 is 14.9 Å². The van der Waals surface area contributed by atoms with E-state index in [1.165, 1.54) is 7.11 Å². The van der Waals surface area contributed by atoms with E-state index in [4.69, 9.17) is 11.1 Å². The van der Waals surface area contributed by atoms with E-state index >= 15 is 0 Å². The Morgan fingerprint density at radius 2 is 1.77 bits per heavy atom. The molecule has 68 valence electrons. The Kier molecular flexibility index (Phi) is 2.64. The normalized spacial score (nSPS) is 9.31. The second kappa shape index (κ2) is 3.71. The van der Waals surface area contributed by atoms with Gasteiger partial charge in [-0.1, -0.05) is 0 Å². The average molecular weight is 179 g/mol. The van der Waals surface area contributed by atoms with Crippen molar-refractivity contribution in [3.05, 3.63) is 35.4 Å². The molecule has 13 heavy (non-hydrogen) atoms. The van der Waals surface area contributed by atoms with Crippen LogP contribution in [0.2, 0.25) is 0 Å². The van der Waals surface area contributed by atoms with Gasteiger partial charge < -0.3 is 4.74 Å². The highest BCUT2D eigenvalue weighted by Gasteiger charge is 2.06. The maximum atomic E-state index is 11.0. The van der Waals surface area contributed by atoms with Crippen molar-refractivity contribution in [3.8, 4) is 0 Å². The minimum absolute atomic E-state index is 0.233. The summed E-state index contributed by atoms with van der Waals surface area (Å²) in [7, 11) is 1.33. The van der Waals surface area contributed by atoms with Gasteiger partial charge in [0.1, 0.15) is 0 Å². The number of hydrogen-bond acceptors (Lipinski definition) is 2. The van der Waals surface area contributed by atoms with Gasteiger partial charge in [-0.05, 0) is 24.3 Å². The Labute approximate surface area is 75.8 Å². The highest BCUT2D eigenvalue weighted by atomic mass is 16.5. The van der Waals surface area contributed by atoms with Crippen LogP contribution in [0.25, 0.3) is 0 Å². The molecule has 0 radical (unpaired) electrons. The van der Waals surface area contributed by atoms with Crippen LogP contribution in [-0.2, 0) is 4.74 Å². The van der Waals surface area contributed by atoms with Crippen LogP contribution in [0.1, 0.15) is 15.9 Å². The zero-order chi connectivity index (χ0) is 9.84. The van der Waals surface area contributed by atoms with Crippen LogP contribution >= 0.6 is 0 Å². The van der Waals surface area contributed by atoms with Crippen LogP contribution < -0.4 is 11.1 Å². The van der Waals surface area contributed by atoms with Crippen molar-refractivity contribution in [2.75, 3.05) is 7.11 Å². The molecule has 0 heterocycles. The van der Waals surface area contributed by atoms with Gasteiger partial charge >= 0.3 is 5.97 Å². The zero-order valence-electron chi connectivity index (χ0n) is 7.28. The Hall–Kier alpha value is -1.84. The van der Waals surface area contributed by atoms with E-state index in [-0.39, 0.29) is 11.8 Å². The number of amidine groups is 1. The molecule has 0 saturated heterocycles. The summed E-state index contributed by atoms with van der Waals surface area (Å²) in [6.07, 6.45) is 0. The quantitative estimate of drug-likeness (QED) is 0.345. The highest BCUT2D eigenvalue weighted by molar-refractivity contribution is 5.94. The van der Waals surface area contributed by atoms with E-state index in [0.717, 1.165) is 0 Å². The van der Waals surface area contributed by atoms with Gasteiger partial charge in [0, 0.05) is 0 Å². The first-order valence-corrected chi connectivity index (χ1v) is 3.72. The van der Waals surface area contributed by atoms with Crippen molar-refractivity contribution in [1.82, 2.24) is 0 Å². The van der Waals surface area contributed by atoms with Crippen molar-refractivity contribution in [2.45, 2.75) is 0 Å². The molecule has 0 aliphatic carbocycles. The van der Waals surface area contributed by atoms with Crippen molar-refractivity contribution in [1.29, 1.82) is 0 Å². The molecule has 0 unspecified atom stereocenters. The molecule has 0 saturated carbocycles. The smallest absolute Gasteiger partial charge is 0.337 e. The summed E-state index contributed by atoms with van der Waals surface area (Å²) in [5.41, 5.74) is 6.53. The topological polar surface area (TPSA) is 77.9 Å². The Morgan fingerprint density at radius 3 is 2.15 bits per heavy atom. The first-order valence-electron chi connectivity index (χ1n) is 3.72. The molecule has 1 aromatic rings. The minimum atomic E-state index is -0.373. The number of esters is 1. The summed E-state index contributed by atoms with van der Waals surface area (Å²) in [4.78, 5) is 11.0. The van der Waals surface area contributed by atoms with Gasteiger partial charge in [-0.3, -0.25) is 11.1 Å². The van der Waals surface area contributed by atoms with E-state index in [9.17, 15) is 4.79 Å². The SMILES string of the molecule is COC(=O)c1ccc(C(N)=[NH2+])cc1. The van der Waals surface area contributed by atoms with Gasteiger partial charge in [0.15, 0.2) is 0 Å². The van der Waals surface area contributed by atoms with Crippen molar-refractivity contribution in [2.24, 2.45) is 5.73 Å². The summed E-state index contributed by atoms with van der Waals surface area (Å²) in [6.45, 7) is 0. The molecule has 4 N–H and O–H groups in total. The minimum Gasteiger partial charge on any atom is -0.465 e. The molecule has 4 nitrogen and oxygen atoms in total. The third-order valence-electron chi connectivity index (χ3n) is 1.64. The first kappa shape index (κ1) is 9.25. The van der Waals surface area contributed by atoms with Crippen LogP contribution in [0.15, 0.2) is 24.3 Å². The number of rotatable bonds is 2. The largest absolute Gasteiger partial charge is 0.465 e. The van der Waals surface area contributed by atoms with Crippen molar-refractivity contribution >= 4 is 11.8 Å². The monoisotopic (exact) mass is 179 g/mol. The lowest BCUT2D eigenvalue weighted by Gasteiger charge is -1.98. The van der Waals surface area contributed by atoms with Crippen LogP contribution in [0.5, 0.6) is 0 Å². The maximum absolute atomic E-state index is 11.0. The summed E-state index contributed by atoms with van der Waals surface area (Å²) in [6, 6.07) is 6.56. The average Bonchev–Trinajstić information content (AvgIpc) is 2.17. The molecule has 0 spiro atoms. The third-order valence-corrected chi connectivity index (χ3v) is 1.64. The Balaban J connectivity index is 2.93. The number of carbonyl (C=O) groups is 1. The molecule has 0 fully saturated rings. The number of nitrogens with two attached hydrogens (primary N) is 2. The van der Waals surface area contributed by atoms with Crippen LogP contribution in [-0.4, -0.2) is 18.9 Å². The maximum Gasteiger partial charge on any atom is 0.337 e. The van der Waals surface area contributed by atoms with Gasteiger partial charge in [-0.15, -0.1) is 0 Å². The van der Waals surface area contributed by atoms with E-state index in [1.54, 1.807) is 24.3 Å². The van der Waals surface area contributed by atoms with Gasteiger partial charge in [-0.2, -0.15) is 0 Å². The molecule has 0 bridgehead atoms. The molecule has 1 aromatic carbocycles. The van der Waals surface area contributed by atoms with Crippen LogP contribution in [0.3, 0.4) is 0 Å². The first-order chi connectivity index (χ1) is 6.15. The highest BCUT2D eigenvalue weighted by Crippen LogP contribution is 2.03. The lowest BCUT2D eigenvalue weighted by molar-refractivity contribution is -0.114. The number of carbonyl (C=O) groups excluding carboxylic acids is 1. The molecular formula is C9H11N2O2+. The number of hydrogen-bond donors (Lipinski definition) is 2. The van der Waals surface area contributed by atoms with Crippen LogP contribution in [0, 0.1) is 0 Å². The lowest BCUT2D eigenvalue weighted by atomic mass is 10.1. The Morgan fingerprint density at radius 1 is 1.31 bits per heavy atom. The number of methoxy groups -OCH3 is 1. The summed E-state index contributed by atoms with van der Waals surface area (Å²) in [5, 5.41) is 5.35. The standard InChI is InChI=1S/C9H10N2O2/c1-13-9(12)7-4-2-6(3-5-7)8(10)11/h2-5H,1H3,(H3,10,11)/p+1. The fourth-order valence-corrected chi connectivity index (χ4v) is 0.917. The van der Waals surface area contributed by atoms with Gasteiger partial charge in [0.25, 0.3) is 5.84 Å². The molecule has 0 aliphatic heterocycles. The second-order valence-electron chi connectivity index (χ2n) is 2.52. The summed E-state index contributed by atoms with van der Waals surface area (Å²) >= 11 is 0. The predicted octanol–water partition coefficient (Wildman–Crippen LogP) is -1.06. The summed E-state index contributed by atoms with van der Waals surface area (Å²) < 4.78 is 4.53. The fourth-order valence-electron chi connectivity index (χ4n) is 0.917. The Bertz CT molecular complexity index is 330. The zero-order valence-corrected chi connectivity index (χ0v) is 7.28. The fraction of sp³-hybridized carbons (Fsp3) is 0.111. The third kappa shape index (κ3) is 2.05. The van der Waals surface area contributed by atoms with E-state index in [1.807, 2.05) is 0 Å². The van der Waals surface area contributed by atoms with Crippen molar-refractivity contribution in [3.63, 3.8) is 0 Å². The second-order valence-corrected chi connectivity index (χ2v) is 2.52. The molecule has 0 aliphatic rings. The van der Waals surface area contributed by atoms with E-state index in [0.29, 0.717) is 11.1 Å². The van der Waals surface area contributed by atoms with Gasteiger partial charge in [0.05, 0.1) is 18.2 Å². The van der Waals surface area contributed by atoms with E-state index in [2.05, 4.69) is 4.74 Å². The molecule has 1 rings (SSSR count). The predicted molar refractivity (Wildman–Crippen MR) is 48.0 cm³/mol. The van der Waals surface area contributed by atoms with E-state index < -0.39 is 0 Å². The van der Waals surface area contributed by atoms with Gasteiger partial charge in [-0.25, -0.2) is 4.79 Å². The van der Waals surface area contributed by atoms with Crippen LogP contribution in [0.4, 0.5) is 0 Å². The molecular weight excluding hydrogens is 168 g/mol. The molecule has 4 heteroatoms. The molecule has 0 aromatic heterocycles. The summed E-state index contributed by atoms with van der Waals surface area (Å²) in [5.74, 6) is -0.140. The molecule has 0 atom stereocenters.